The summed E-state index contributed by atoms with van der Waals surface area (Å²) in [5.41, 5.74) is 3.66. The summed E-state index contributed by atoms with van der Waals surface area (Å²) in [5, 5.41) is 9.21. The molecular formula is C17H16N2O2. The van der Waals surface area contributed by atoms with Gasteiger partial charge in [-0.25, -0.2) is 9.78 Å². The molecule has 0 unspecified atom stereocenters. The molecule has 1 heterocycles. The third-order valence-electron chi connectivity index (χ3n) is 3.59. The van der Waals surface area contributed by atoms with Crippen LogP contribution in [-0.4, -0.2) is 21.0 Å². The number of hydrogen-bond acceptors (Lipinski definition) is 2. The number of H-pyrrole nitrogens is 1. The molecule has 0 spiro atoms. The lowest BCUT2D eigenvalue weighted by Crippen LogP contribution is -1.96. The van der Waals surface area contributed by atoms with E-state index in [9.17, 15) is 9.90 Å². The Balaban J connectivity index is 2.09. The molecule has 0 bridgehead atoms. The van der Waals surface area contributed by atoms with Crippen LogP contribution >= 0.6 is 0 Å². The maximum absolute atomic E-state index is 11.2. The largest absolute Gasteiger partial charge is 0.478 e. The molecule has 4 nitrogen and oxygen atoms in total. The summed E-state index contributed by atoms with van der Waals surface area (Å²) in [5.74, 6) is 0.205. The standard InChI is InChI=1S/C17H16N2O2/c1-10(2)11-6-8-12(9-7-11)16-18-14-5-3-4-13(17(20)21)15(14)19-16/h3-10H,1-2H3,(H,18,19)(H,20,21). The molecule has 0 saturated carbocycles. The van der Waals surface area contributed by atoms with Crippen molar-refractivity contribution in [1.82, 2.24) is 9.97 Å². The molecule has 0 aliphatic heterocycles. The summed E-state index contributed by atoms with van der Waals surface area (Å²) in [6, 6.07) is 13.3. The van der Waals surface area contributed by atoms with E-state index in [0.29, 0.717) is 17.3 Å². The summed E-state index contributed by atoms with van der Waals surface area (Å²) in [4.78, 5) is 18.9. The zero-order valence-electron chi connectivity index (χ0n) is 11.9. The quantitative estimate of drug-likeness (QED) is 0.760. The first-order valence-corrected chi connectivity index (χ1v) is 6.88. The Morgan fingerprint density at radius 3 is 2.48 bits per heavy atom. The Morgan fingerprint density at radius 1 is 1.14 bits per heavy atom. The van der Waals surface area contributed by atoms with E-state index in [0.717, 1.165) is 11.1 Å². The number of aromatic carboxylic acids is 1. The number of carboxylic acid groups (broad SMARTS) is 1. The third kappa shape index (κ3) is 2.40. The van der Waals surface area contributed by atoms with Crippen molar-refractivity contribution in [2.24, 2.45) is 0 Å². The minimum Gasteiger partial charge on any atom is -0.478 e. The number of benzene rings is 2. The SMILES string of the molecule is CC(C)c1ccc(-c2nc3c(C(=O)O)cccc3[nH]2)cc1. The van der Waals surface area contributed by atoms with Gasteiger partial charge < -0.3 is 10.1 Å². The number of fused-ring (bicyclic) bond motifs is 1. The first-order chi connectivity index (χ1) is 10.1. The summed E-state index contributed by atoms with van der Waals surface area (Å²) in [7, 11) is 0. The highest BCUT2D eigenvalue weighted by Crippen LogP contribution is 2.24. The number of hydrogen-bond donors (Lipinski definition) is 2. The Bertz CT molecular complexity index is 801. The fourth-order valence-electron chi connectivity index (χ4n) is 2.37. The monoisotopic (exact) mass is 280 g/mol. The van der Waals surface area contributed by atoms with E-state index in [1.165, 1.54) is 5.56 Å². The lowest BCUT2D eigenvalue weighted by atomic mass is 10.0. The first-order valence-electron chi connectivity index (χ1n) is 6.88. The number of carbonyl (C=O) groups is 1. The second-order valence-corrected chi connectivity index (χ2v) is 5.37. The second kappa shape index (κ2) is 5.05. The lowest BCUT2D eigenvalue weighted by Gasteiger charge is -2.05. The van der Waals surface area contributed by atoms with Crippen LogP contribution in [0.3, 0.4) is 0 Å². The summed E-state index contributed by atoms with van der Waals surface area (Å²) in [6.07, 6.45) is 0. The highest BCUT2D eigenvalue weighted by atomic mass is 16.4. The van der Waals surface area contributed by atoms with Gasteiger partial charge in [-0.3, -0.25) is 0 Å². The van der Waals surface area contributed by atoms with E-state index in [-0.39, 0.29) is 5.56 Å². The Kier molecular flexibility index (Phi) is 3.22. The predicted octanol–water partition coefficient (Wildman–Crippen LogP) is 4.05. The molecule has 0 fully saturated rings. The van der Waals surface area contributed by atoms with Crippen LogP contribution in [0.1, 0.15) is 35.7 Å². The van der Waals surface area contributed by atoms with Gasteiger partial charge in [0.1, 0.15) is 11.3 Å². The van der Waals surface area contributed by atoms with Gasteiger partial charge in [-0.1, -0.05) is 44.2 Å². The molecule has 0 aliphatic carbocycles. The number of aromatic nitrogens is 2. The Hall–Kier alpha value is -2.62. The number of para-hydroxylation sites is 1. The predicted molar refractivity (Wildman–Crippen MR) is 82.6 cm³/mol. The number of nitrogens with one attached hydrogen (secondary N) is 1. The van der Waals surface area contributed by atoms with E-state index in [4.69, 9.17) is 0 Å². The summed E-state index contributed by atoms with van der Waals surface area (Å²) < 4.78 is 0. The second-order valence-electron chi connectivity index (χ2n) is 5.37. The van der Waals surface area contributed by atoms with Crippen molar-refractivity contribution in [3.63, 3.8) is 0 Å². The van der Waals surface area contributed by atoms with E-state index < -0.39 is 5.97 Å². The van der Waals surface area contributed by atoms with Gasteiger partial charge in [-0.05, 0) is 23.6 Å². The molecule has 3 rings (SSSR count). The van der Waals surface area contributed by atoms with Gasteiger partial charge in [-0.2, -0.15) is 0 Å². The van der Waals surface area contributed by atoms with E-state index in [1.54, 1.807) is 12.1 Å². The number of nitrogens with zero attached hydrogens (tertiary/aromatic N) is 1. The highest BCUT2D eigenvalue weighted by Gasteiger charge is 2.13. The van der Waals surface area contributed by atoms with Gasteiger partial charge in [0, 0.05) is 5.56 Å². The molecule has 1 aromatic heterocycles. The van der Waals surface area contributed by atoms with Crippen molar-refractivity contribution >= 4 is 17.0 Å². The van der Waals surface area contributed by atoms with Crippen LogP contribution in [0.25, 0.3) is 22.4 Å². The van der Waals surface area contributed by atoms with Crippen molar-refractivity contribution in [3.05, 3.63) is 53.6 Å². The maximum Gasteiger partial charge on any atom is 0.337 e. The molecule has 0 saturated heterocycles. The number of carboxylic acids is 1. The molecule has 2 aromatic carbocycles. The zero-order valence-corrected chi connectivity index (χ0v) is 11.9. The van der Waals surface area contributed by atoms with Gasteiger partial charge in [-0.15, -0.1) is 0 Å². The first kappa shape index (κ1) is 13.4. The molecule has 0 aliphatic rings. The van der Waals surface area contributed by atoms with Gasteiger partial charge >= 0.3 is 5.97 Å². The molecule has 21 heavy (non-hydrogen) atoms. The summed E-state index contributed by atoms with van der Waals surface area (Å²) in [6.45, 7) is 4.30. The van der Waals surface area contributed by atoms with Crippen LogP contribution in [0.15, 0.2) is 42.5 Å². The molecule has 2 N–H and O–H groups in total. The normalized spacial score (nSPS) is 11.2. The smallest absolute Gasteiger partial charge is 0.337 e. The lowest BCUT2D eigenvalue weighted by molar-refractivity contribution is 0.0699. The van der Waals surface area contributed by atoms with E-state index in [1.807, 2.05) is 18.2 Å². The average Bonchev–Trinajstić information content (AvgIpc) is 2.90. The Labute approximate surface area is 122 Å². The zero-order chi connectivity index (χ0) is 15.0. The van der Waals surface area contributed by atoms with Gasteiger partial charge in [0.05, 0.1) is 11.1 Å². The number of aromatic amines is 1. The van der Waals surface area contributed by atoms with Crippen molar-refractivity contribution in [3.8, 4) is 11.4 Å². The van der Waals surface area contributed by atoms with Crippen LogP contribution in [-0.2, 0) is 0 Å². The average molecular weight is 280 g/mol. The topological polar surface area (TPSA) is 66.0 Å². The Morgan fingerprint density at radius 2 is 1.86 bits per heavy atom. The fraction of sp³-hybridized carbons (Fsp3) is 0.176. The van der Waals surface area contributed by atoms with Crippen LogP contribution in [0.2, 0.25) is 0 Å². The molecule has 0 atom stereocenters. The fourth-order valence-corrected chi connectivity index (χ4v) is 2.37. The molecular weight excluding hydrogens is 264 g/mol. The minimum absolute atomic E-state index is 0.216. The maximum atomic E-state index is 11.2. The van der Waals surface area contributed by atoms with Crippen LogP contribution in [0, 0.1) is 0 Å². The minimum atomic E-state index is -0.964. The molecule has 0 amide bonds. The van der Waals surface area contributed by atoms with E-state index in [2.05, 4.69) is 35.9 Å². The van der Waals surface area contributed by atoms with Crippen LogP contribution < -0.4 is 0 Å². The van der Waals surface area contributed by atoms with E-state index >= 15 is 0 Å². The molecule has 106 valence electrons. The van der Waals surface area contributed by atoms with Crippen molar-refractivity contribution in [2.45, 2.75) is 19.8 Å². The number of imidazole rings is 1. The summed E-state index contributed by atoms with van der Waals surface area (Å²) >= 11 is 0. The third-order valence-corrected chi connectivity index (χ3v) is 3.59. The van der Waals surface area contributed by atoms with Crippen LogP contribution in [0.4, 0.5) is 0 Å². The van der Waals surface area contributed by atoms with Crippen molar-refractivity contribution in [2.75, 3.05) is 0 Å². The molecule has 3 aromatic rings. The van der Waals surface area contributed by atoms with Gasteiger partial charge in [0.2, 0.25) is 0 Å². The van der Waals surface area contributed by atoms with Gasteiger partial charge in [0.15, 0.2) is 0 Å². The van der Waals surface area contributed by atoms with Crippen molar-refractivity contribution in [1.29, 1.82) is 0 Å². The van der Waals surface area contributed by atoms with Gasteiger partial charge in [0.25, 0.3) is 0 Å². The molecule has 4 heteroatoms. The van der Waals surface area contributed by atoms with Crippen molar-refractivity contribution < 1.29 is 9.90 Å². The molecule has 0 radical (unpaired) electrons. The van der Waals surface area contributed by atoms with Crippen LogP contribution in [0.5, 0.6) is 0 Å². The number of rotatable bonds is 3. The highest BCUT2D eigenvalue weighted by molar-refractivity contribution is 6.01.